The van der Waals surface area contributed by atoms with E-state index >= 15 is 0 Å². The number of hydrogen-bond acceptors (Lipinski definition) is 3. The van der Waals surface area contributed by atoms with Crippen LogP contribution < -0.4 is 9.80 Å². The number of anilines is 6. The van der Waals surface area contributed by atoms with Gasteiger partial charge in [-0.05, 0) is 129 Å². The zero-order valence-electron chi connectivity index (χ0n) is 43.7. The Kier molecular flexibility index (Phi) is 7.98. The molecule has 0 fully saturated rings. The van der Waals surface area contributed by atoms with Gasteiger partial charge in [0.2, 0.25) is 0 Å². The molecule has 12 aromatic rings. The molecule has 1 heterocycles. The Hall–Kier alpha value is -8.50. The van der Waals surface area contributed by atoms with Crippen molar-refractivity contribution in [1.29, 1.82) is 0 Å². The summed E-state index contributed by atoms with van der Waals surface area (Å²) in [6, 6.07) is 74.2. The standard InChI is InChI=1S/C65H44N2S/c1-5-20-46(21-6-1)54-31-15-17-34-62(54)67(50-28-11-4-12-29-50)52-38-41-61-58(44-52)57-43-51(66(48-24-7-2-8-25-48)49-26-9-3-10-27-49)37-40-60(57)65(61,59-33-19-23-45-22-13-14-30-53(45)59)47-36-39-56-55-32-16-18-35-63(55)68-64(56)42-47/h1-44H/i13D,14D,19D,22D,23D,30D,33D. The van der Waals surface area contributed by atoms with Crippen molar-refractivity contribution in [2.24, 2.45) is 0 Å². The third kappa shape index (κ3) is 6.39. The second-order valence-corrected chi connectivity index (χ2v) is 18.2. The summed E-state index contributed by atoms with van der Waals surface area (Å²) in [5, 5.41) is 2.14. The van der Waals surface area contributed by atoms with Gasteiger partial charge in [-0.2, -0.15) is 0 Å². The number of fused-ring (bicyclic) bond motifs is 7. The summed E-state index contributed by atoms with van der Waals surface area (Å²) < 4.78 is 68.2. The molecule has 1 aliphatic rings. The zero-order valence-corrected chi connectivity index (χ0v) is 37.5. The van der Waals surface area contributed by atoms with E-state index < -0.39 is 35.6 Å². The second kappa shape index (κ2) is 16.4. The summed E-state index contributed by atoms with van der Waals surface area (Å²) in [6.45, 7) is 0. The lowest BCUT2D eigenvalue weighted by Crippen LogP contribution is -2.29. The number of nitrogens with zero attached hydrogens (tertiary/aromatic N) is 2. The summed E-state index contributed by atoms with van der Waals surface area (Å²) in [7, 11) is 0. The molecular formula is C65H44N2S. The van der Waals surface area contributed by atoms with Crippen LogP contribution in [0.4, 0.5) is 34.1 Å². The van der Waals surface area contributed by atoms with Crippen LogP contribution in [0.25, 0.3) is 53.2 Å². The highest BCUT2D eigenvalue weighted by atomic mass is 32.1. The highest BCUT2D eigenvalue weighted by Crippen LogP contribution is 2.60. The summed E-state index contributed by atoms with van der Waals surface area (Å²) in [4.78, 5) is 4.49. The number of thiophene rings is 1. The fourth-order valence-corrected chi connectivity index (χ4v) is 11.6. The second-order valence-electron chi connectivity index (χ2n) is 17.1. The molecule has 0 N–H and O–H groups in total. The van der Waals surface area contributed by atoms with Crippen LogP contribution >= 0.6 is 11.3 Å². The van der Waals surface area contributed by atoms with Gasteiger partial charge < -0.3 is 9.80 Å². The molecule has 2 nitrogen and oxygen atoms in total. The third-order valence-corrected chi connectivity index (χ3v) is 14.5. The molecule has 0 saturated carbocycles. The van der Waals surface area contributed by atoms with Gasteiger partial charge in [-0.1, -0.05) is 188 Å². The monoisotopic (exact) mass is 891 g/mol. The summed E-state index contributed by atoms with van der Waals surface area (Å²) in [5.74, 6) is 0. The van der Waals surface area contributed by atoms with Crippen LogP contribution in [-0.4, -0.2) is 0 Å². The number of hydrogen-bond donors (Lipinski definition) is 0. The maximum absolute atomic E-state index is 10.2. The van der Waals surface area contributed by atoms with E-state index in [0.29, 0.717) is 0 Å². The highest BCUT2D eigenvalue weighted by molar-refractivity contribution is 7.25. The molecule has 11 aromatic carbocycles. The number of rotatable bonds is 9. The zero-order chi connectivity index (χ0) is 51.1. The molecule has 0 bridgehead atoms. The molecule has 1 aliphatic carbocycles. The first-order valence-electron chi connectivity index (χ1n) is 26.3. The Morgan fingerprint density at radius 2 is 0.897 bits per heavy atom. The van der Waals surface area contributed by atoms with Crippen molar-refractivity contribution in [2.45, 2.75) is 5.41 Å². The van der Waals surface area contributed by atoms with Crippen molar-refractivity contribution in [1.82, 2.24) is 0 Å². The Morgan fingerprint density at radius 3 is 1.59 bits per heavy atom. The lowest BCUT2D eigenvalue weighted by atomic mass is 9.66. The van der Waals surface area contributed by atoms with E-state index in [0.717, 1.165) is 93.2 Å². The van der Waals surface area contributed by atoms with E-state index in [1.807, 2.05) is 84.9 Å². The molecule has 1 atom stereocenters. The van der Waals surface area contributed by atoms with Gasteiger partial charge >= 0.3 is 0 Å². The Balaban J connectivity index is 1.19. The van der Waals surface area contributed by atoms with E-state index in [2.05, 4.69) is 149 Å². The van der Waals surface area contributed by atoms with Crippen LogP contribution in [-0.2, 0) is 5.41 Å². The van der Waals surface area contributed by atoms with Crippen LogP contribution in [0.5, 0.6) is 0 Å². The third-order valence-electron chi connectivity index (χ3n) is 13.4. The van der Waals surface area contributed by atoms with Crippen molar-refractivity contribution in [3.8, 4) is 22.3 Å². The van der Waals surface area contributed by atoms with E-state index in [4.69, 9.17) is 2.74 Å². The van der Waals surface area contributed by atoms with Gasteiger partial charge in [0, 0.05) is 54.2 Å². The molecular weight excluding hydrogens is 841 g/mol. The maximum atomic E-state index is 10.2. The topological polar surface area (TPSA) is 6.48 Å². The first kappa shape index (κ1) is 33.0. The van der Waals surface area contributed by atoms with Crippen LogP contribution in [0.15, 0.2) is 267 Å². The van der Waals surface area contributed by atoms with Gasteiger partial charge in [0.1, 0.15) is 0 Å². The van der Waals surface area contributed by atoms with Crippen molar-refractivity contribution >= 4 is 76.4 Å². The lowest BCUT2D eigenvalue weighted by Gasteiger charge is -2.35. The summed E-state index contributed by atoms with van der Waals surface area (Å²) in [5.41, 5.74) is 10.4. The van der Waals surface area contributed by atoms with E-state index in [-0.39, 0.29) is 28.4 Å². The predicted octanol–water partition coefficient (Wildman–Crippen LogP) is 18.2. The molecule has 0 saturated heterocycles. The van der Waals surface area contributed by atoms with Gasteiger partial charge in [0.15, 0.2) is 0 Å². The fraction of sp³-hybridized carbons (Fsp3) is 0.0154. The van der Waals surface area contributed by atoms with E-state index in [1.165, 1.54) is 0 Å². The SMILES string of the molecule is [2H]c1c([2H])c([2H])c2c(C3(c4ccc5c(c4)sc4ccccc45)c4ccc(N(c5ccccc5)c5ccccc5)cc4-c4cc(N(c5ccccc5)c5ccccc5-c5ccccc5)ccc43)c([2H])c([2H])c([2H])c2c1[2H]. The number of benzene rings is 11. The molecule has 1 unspecified atom stereocenters. The van der Waals surface area contributed by atoms with Gasteiger partial charge in [-0.3, -0.25) is 0 Å². The molecule has 13 rings (SSSR count). The average Bonchev–Trinajstić information content (AvgIpc) is 3.98. The smallest absolute Gasteiger partial charge is 0.0720 e. The lowest BCUT2D eigenvalue weighted by molar-refractivity contribution is 0.778. The fourth-order valence-electron chi connectivity index (χ4n) is 10.5. The summed E-state index contributed by atoms with van der Waals surface area (Å²) >= 11 is 1.67. The molecule has 0 radical (unpaired) electrons. The quantitative estimate of drug-likeness (QED) is 0.142. The molecule has 1 aromatic heterocycles. The van der Waals surface area contributed by atoms with E-state index in [1.54, 1.807) is 11.3 Å². The normalized spacial score (nSPS) is 15.4. The average molecular weight is 892 g/mol. The van der Waals surface area contributed by atoms with Gasteiger partial charge in [0.05, 0.1) is 20.7 Å². The molecule has 320 valence electrons. The van der Waals surface area contributed by atoms with Crippen LogP contribution in [0.3, 0.4) is 0 Å². The Labute approximate surface area is 410 Å². The molecule has 68 heavy (non-hydrogen) atoms. The molecule has 0 aliphatic heterocycles. The first-order valence-corrected chi connectivity index (χ1v) is 23.6. The van der Waals surface area contributed by atoms with Crippen molar-refractivity contribution in [3.05, 3.63) is 289 Å². The predicted molar refractivity (Wildman–Crippen MR) is 289 cm³/mol. The molecule has 0 amide bonds. The Bertz CT molecular complexity index is 4180. The van der Waals surface area contributed by atoms with E-state index in [9.17, 15) is 6.85 Å². The maximum Gasteiger partial charge on any atom is 0.0720 e. The number of para-hydroxylation sites is 4. The minimum atomic E-state index is -1.47. The first-order chi connectivity index (χ1) is 36.6. The van der Waals surface area contributed by atoms with Crippen LogP contribution in [0.2, 0.25) is 0 Å². The van der Waals surface area contributed by atoms with Crippen molar-refractivity contribution in [2.75, 3.05) is 9.80 Å². The molecule has 0 spiro atoms. The van der Waals surface area contributed by atoms with Crippen molar-refractivity contribution < 1.29 is 9.60 Å². The van der Waals surface area contributed by atoms with Crippen LogP contribution in [0, 0.1) is 0 Å². The minimum absolute atomic E-state index is 0.0493. The summed E-state index contributed by atoms with van der Waals surface area (Å²) in [6.07, 6.45) is 0. The Morgan fingerprint density at radius 1 is 0.353 bits per heavy atom. The van der Waals surface area contributed by atoms with Gasteiger partial charge in [-0.25, -0.2) is 0 Å². The van der Waals surface area contributed by atoms with Gasteiger partial charge in [-0.15, -0.1) is 11.3 Å². The van der Waals surface area contributed by atoms with Crippen LogP contribution in [0.1, 0.15) is 31.8 Å². The largest absolute Gasteiger partial charge is 0.310 e. The minimum Gasteiger partial charge on any atom is -0.310 e. The highest BCUT2D eigenvalue weighted by Gasteiger charge is 2.47. The van der Waals surface area contributed by atoms with Gasteiger partial charge in [0.25, 0.3) is 0 Å². The van der Waals surface area contributed by atoms with Crippen molar-refractivity contribution in [3.63, 3.8) is 0 Å². The molecule has 3 heteroatoms.